The Hall–Kier alpha value is -2.13. The van der Waals surface area contributed by atoms with Gasteiger partial charge in [-0.25, -0.2) is 0 Å². The first-order valence-electron chi connectivity index (χ1n) is 7.20. The summed E-state index contributed by atoms with van der Waals surface area (Å²) in [6.45, 7) is 6.18. The molecule has 0 aliphatic rings. The van der Waals surface area contributed by atoms with Crippen LogP contribution in [0.2, 0.25) is 0 Å². The molecule has 0 saturated carbocycles. The minimum Gasteiger partial charge on any atom is -0.466 e. The average molecular weight is 280 g/mol. The van der Waals surface area contributed by atoms with Crippen LogP contribution in [-0.4, -0.2) is 12.0 Å². The predicted molar refractivity (Wildman–Crippen MR) is 85.6 cm³/mol. The van der Waals surface area contributed by atoms with E-state index >= 15 is 0 Å². The number of benzene rings is 1. The molecule has 0 amide bonds. The van der Waals surface area contributed by atoms with E-state index in [0.29, 0.717) is 0 Å². The second kappa shape index (κ2) is 5.34. The highest BCUT2D eigenvalue weighted by Gasteiger charge is 2.22. The molecule has 2 aromatic heterocycles. The summed E-state index contributed by atoms with van der Waals surface area (Å²) in [6.07, 6.45) is 3.75. The molecule has 2 heterocycles. The Kier molecular flexibility index (Phi) is 3.52. The number of rotatable bonds is 3. The van der Waals surface area contributed by atoms with Crippen molar-refractivity contribution in [2.24, 2.45) is 0 Å². The Morgan fingerprint density at radius 1 is 1.10 bits per heavy atom. The number of nitrogens with zero attached hydrogens (tertiary/aromatic N) is 1. The molecule has 1 unspecified atom stereocenters. The Labute approximate surface area is 125 Å². The monoisotopic (exact) mass is 280 g/mol. The molecule has 3 aromatic rings. The summed E-state index contributed by atoms with van der Waals surface area (Å²) in [6, 6.07) is 8.55. The van der Waals surface area contributed by atoms with Gasteiger partial charge in [-0.2, -0.15) is 0 Å². The van der Waals surface area contributed by atoms with Crippen LogP contribution in [0.4, 0.5) is 0 Å². The third kappa shape index (κ3) is 2.24. The van der Waals surface area contributed by atoms with Crippen molar-refractivity contribution >= 4 is 10.8 Å². The van der Waals surface area contributed by atoms with Gasteiger partial charge in [0.1, 0.15) is 11.5 Å². The van der Waals surface area contributed by atoms with Crippen LogP contribution in [0.15, 0.2) is 41.1 Å². The van der Waals surface area contributed by atoms with Gasteiger partial charge in [-0.3, -0.25) is 4.98 Å². The molecule has 0 radical (unpaired) electrons. The molecule has 1 N–H and O–H groups in total. The minimum absolute atomic E-state index is 0.119. The normalized spacial score (nSPS) is 12.8. The van der Waals surface area contributed by atoms with Gasteiger partial charge in [-0.15, -0.1) is 0 Å². The fourth-order valence-corrected chi connectivity index (χ4v) is 3.09. The van der Waals surface area contributed by atoms with Gasteiger partial charge in [-0.05, 0) is 50.4 Å². The second-order valence-electron chi connectivity index (χ2n) is 5.42. The van der Waals surface area contributed by atoms with E-state index in [0.717, 1.165) is 16.9 Å². The van der Waals surface area contributed by atoms with Crippen LogP contribution >= 0.6 is 0 Å². The van der Waals surface area contributed by atoms with Crippen LogP contribution in [0.3, 0.4) is 0 Å². The van der Waals surface area contributed by atoms with Gasteiger partial charge in [-0.1, -0.05) is 18.2 Å². The van der Waals surface area contributed by atoms with Crippen molar-refractivity contribution in [2.75, 3.05) is 7.05 Å². The van der Waals surface area contributed by atoms with Gasteiger partial charge in [0.2, 0.25) is 0 Å². The standard InChI is InChI=1S/C18H20N2O/c1-11-12(2)21-13(3)17(11)18(19-4)16-7-5-6-14-10-20-9-8-15(14)16/h5-10,18-19H,1-4H3. The lowest BCUT2D eigenvalue weighted by atomic mass is 9.92. The summed E-state index contributed by atoms with van der Waals surface area (Å²) < 4.78 is 5.81. The van der Waals surface area contributed by atoms with Crippen molar-refractivity contribution in [3.8, 4) is 0 Å². The number of hydrogen-bond donors (Lipinski definition) is 1. The minimum atomic E-state index is 0.119. The van der Waals surface area contributed by atoms with Gasteiger partial charge < -0.3 is 9.73 Å². The molecule has 108 valence electrons. The number of nitrogens with one attached hydrogen (secondary N) is 1. The number of aryl methyl sites for hydroxylation is 2. The molecular formula is C18H20N2O. The summed E-state index contributed by atoms with van der Waals surface area (Å²) >= 11 is 0. The maximum Gasteiger partial charge on any atom is 0.106 e. The third-order valence-corrected chi connectivity index (χ3v) is 4.22. The van der Waals surface area contributed by atoms with Crippen molar-refractivity contribution < 1.29 is 4.42 Å². The van der Waals surface area contributed by atoms with E-state index in [4.69, 9.17) is 4.42 Å². The summed E-state index contributed by atoms with van der Waals surface area (Å²) in [5, 5.41) is 5.83. The maximum atomic E-state index is 5.81. The zero-order valence-corrected chi connectivity index (χ0v) is 12.9. The van der Waals surface area contributed by atoms with Crippen LogP contribution in [0.5, 0.6) is 0 Å². The second-order valence-corrected chi connectivity index (χ2v) is 5.42. The van der Waals surface area contributed by atoms with Crippen LogP contribution in [0.25, 0.3) is 10.8 Å². The lowest BCUT2D eigenvalue weighted by molar-refractivity contribution is 0.496. The van der Waals surface area contributed by atoms with Gasteiger partial charge in [0.25, 0.3) is 0 Å². The summed E-state index contributed by atoms with van der Waals surface area (Å²) in [7, 11) is 1.99. The molecule has 3 rings (SSSR count). The zero-order valence-electron chi connectivity index (χ0n) is 12.9. The van der Waals surface area contributed by atoms with Crippen molar-refractivity contribution in [3.05, 3.63) is 64.9 Å². The molecule has 0 bridgehead atoms. The fourth-order valence-electron chi connectivity index (χ4n) is 3.09. The van der Waals surface area contributed by atoms with Crippen LogP contribution in [0, 0.1) is 20.8 Å². The number of fused-ring (bicyclic) bond motifs is 1. The number of furan rings is 1. The SMILES string of the molecule is CNC(c1c(C)oc(C)c1C)c1cccc2cnccc12. The third-order valence-electron chi connectivity index (χ3n) is 4.22. The van der Waals surface area contributed by atoms with Gasteiger partial charge in [0.15, 0.2) is 0 Å². The molecule has 0 aliphatic carbocycles. The lowest BCUT2D eigenvalue weighted by Crippen LogP contribution is -2.19. The highest BCUT2D eigenvalue weighted by molar-refractivity contribution is 5.85. The van der Waals surface area contributed by atoms with Gasteiger partial charge in [0.05, 0.1) is 6.04 Å². The molecule has 1 aromatic carbocycles. The van der Waals surface area contributed by atoms with E-state index in [1.807, 2.05) is 33.3 Å². The Morgan fingerprint density at radius 3 is 2.57 bits per heavy atom. The lowest BCUT2D eigenvalue weighted by Gasteiger charge is -2.19. The van der Waals surface area contributed by atoms with Crippen LogP contribution in [0.1, 0.15) is 34.3 Å². The number of aromatic nitrogens is 1. The van der Waals surface area contributed by atoms with E-state index in [9.17, 15) is 0 Å². The Balaban J connectivity index is 2.23. The van der Waals surface area contributed by atoms with Crippen molar-refractivity contribution in [1.29, 1.82) is 0 Å². The predicted octanol–water partition coefficient (Wildman–Crippen LogP) is 4.06. The Bertz CT molecular complexity index is 784. The first-order chi connectivity index (χ1) is 10.1. The molecule has 21 heavy (non-hydrogen) atoms. The molecule has 0 aliphatic heterocycles. The molecular weight excluding hydrogens is 260 g/mol. The molecule has 0 fully saturated rings. The summed E-state index contributed by atoms with van der Waals surface area (Å²) in [5.74, 6) is 1.97. The topological polar surface area (TPSA) is 38.1 Å². The molecule has 0 saturated heterocycles. The first-order valence-corrected chi connectivity index (χ1v) is 7.20. The van der Waals surface area contributed by atoms with Crippen molar-refractivity contribution in [1.82, 2.24) is 10.3 Å². The maximum absolute atomic E-state index is 5.81. The summed E-state index contributed by atoms with van der Waals surface area (Å²) in [5.41, 5.74) is 3.71. The van der Waals surface area contributed by atoms with Crippen LogP contribution < -0.4 is 5.32 Å². The average Bonchev–Trinajstić information content (AvgIpc) is 2.75. The smallest absolute Gasteiger partial charge is 0.106 e. The highest BCUT2D eigenvalue weighted by Crippen LogP contribution is 2.34. The highest BCUT2D eigenvalue weighted by atomic mass is 16.3. The van der Waals surface area contributed by atoms with E-state index in [-0.39, 0.29) is 6.04 Å². The van der Waals surface area contributed by atoms with Crippen LogP contribution in [-0.2, 0) is 0 Å². The summed E-state index contributed by atoms with van der Waals surface area (Å²) in [4.78, 5) is 4.21. The first kappa shape index (κ1) is 13.8. The van der Waals surface area contributed by atoms with Crippen molar-refractivity contribution in [2.45, 2.75) is 26.8 Å². The molecule has 1 atom stereocenters. The molecule has 3 nitrogen and oxygen atoms in total. The van der Waals surface area contributed by atoms with Crippen molar-refractivity contribution in [3.63, 3.8) is 0 Å². The number of pyridine rings is 1. The molecule has 0 spiro atoms. The largest absolute Gasteiger partial charge is 0.466 e. The van der Waals surface area contributed by atoms with Gasteiger partial charge >= 0.3 is 0 Å². The quantitative estimate of drug-likeness (QED) is 0.786. The van der Waals surface area contributed by atoms with E-state index in [2.05, 4.69) is 41.5 Å². The van der Waals surface area contributed by atoms with Gasteiger partial charge in [0, 0.05) is 23.3 Å². The van der Waals surface area contributed by atoms with E-state index in [1.54, 1.807) is 0 Å². The Morgan fingerprint density at radius 2 is 1.90 bits per heavy atom. The number of hydrogen-bond acceptors (Lipinski definition) is 3. The fraction of sp³-hybridized carbons (Fsp3) is 0.278. The zero-order chi connectivity index (χ0) is 15.0. The van der Waals surface area contributed by atoms with E-state index in [1.165, 1.54) is 22.1 Å². The van der Waals surface area contributed by atoms with E-state index < -0.39 is 0 Å². The molecule has 3 heteroatoms.